The molecule has 0 aliphatic carbocycles. The minimum atomic E-state index is -4.98. The predicted octanol–water partition coefficient (Wildman–Crippen LogP) is 3.63. The van der Waals surface area contributed by atoms with Gasteiger partial charge in [-0.15, -0.1) is 0 Å². The van der Waals surface area contributed by atoms with Gasteiger partial charge >= 0.3 is 6.18 Å². The fourth-order valence-electron chi connectivity index (χ4n) is 4.42. The zero-order chi connectivity index (χ0) is 25.8. The Morgan fingerprint density at radius 3 is 2.64 bits per heavy atom. The Kier molecular flexibility index (Phi) is 5.52. The van der Waals surface area contributed by atoms with Crippen LogP contribution in [0, 0.1) is 17.1 Å². The number of hydrogen-bond acceptors (Lipinski definition) is 5. The van der Waals surface area contributed by atoms with E-state index in [0.717, 1.165) is 16.7 Å². The number of aryl methyl sites for hydroxylation is 1. The molecule has 1 atom stereocenters. The van der Waals surface area contributed by atoms with Gasteiger partial charge in [0, 0.05) is 49.0 Å². The highest BCUT2D eigenvalue weighted by atomic mass is 19.4. The molecular weight excluding hydrogens is 478 g/mol. The summed E-state index contributed by atoms with van der Waals surface area (Å²) in [6.45, 7) is 0.304. The lowest BCUT2D eigenvalue weighted by atomic mass is 10.1. The number of imidazole rings is 1. The topological polar surface area (TPSA) is 106 Å². The molecule has 1 amide bonds. The van der Waals surface area contributed by atoms with Gasteiger partial charge in [0.2, 0.25) is 0 Å². The summed E-state index contributed by atoms with van der Waals surface area (Å²) in [5.41, 5.74) is 4.10. The summed E-state index contributed by atoms with van der Waals surface area (Å²) in [7, 11) is 1.68. The zero-order valence-electron chi connectivity index (χ0n) is 18.9. The normalized spacial score (nSPS) is 16.0. The minimum Gasteiger partial charge on any atom is -0.336 e. The van der Waals surface area contributed by atoms with E-state index < -0.39 is 29.3 Å². The number of aromatic nitrogens is 4. The van der Waals surface area contributed by atoms with E-state index >= 15 is 0 Å². The van der Waals surface area contributed by atoms with E-state index in [9.17, 15) is 22.4 Å². The Hall–Kier alpha value is -4.24. The number of nitriles is 1. The molecule has 8 nitrogen and oxygen atoms in total. The van der Waals surface area contributed by atoms with E-state index in [-0.39, 0.29) is 41.8 Å². The monoisotopic (exact) mass is 497 g/mol. The molecule has 1 aliphatic heterocycles. The molecule has 2 aromatic carbocycles. The number of hydrogen-bond donors (Lipinski definition) is 1. The number of rotatable bonds is 3. The van der Waals surface area contributed by atoms with Crippen LogP contribution in [-0.2, 0) is 13.2 Å². The van der Waals surface area contributed by atoms with Crippen LogP contribution in [-0.4, -0.2) is 49.3 Å². The Morgan fingerprint density at radius 2 is 2.00 bits per heavy atom. The number of carbonyl (C=O) groups excluding carboxylic acids is 1. The second-order valence-corrected chi connectivity index (χ2v) is 8.62. The lowest BCUT2D eigenvalue weighted by Gasteiger charge is -2.18. The molecule has 0 radical (unpaired) electrons. The first-order valence-electron chi connectivity index (χ1n) is 11.0. The van der Waals surface area contributed by atoms with Crippen molar-refractivity contribution < 1.29 is 22.4 Å². The van der Waals surface area contributed by atoms with Crippen LogP contribution in [0.2, 0.25) is 0 Å². The minimum absolute atomic E-state index is 0.0274. The maximum atomic E-state index is 14.6. The molecule has 36 heavy (non-hydrogen) atoms. The predicted molar refractivity (Wildman–Crippen MR) is 121 cm³/mol. The number of amides is 1. The summed E-state index contributed by atoms with van der Waals surface area (Å²) in [5, 5.41) is 13.9. The smallest absolute Gasteiger partial charge is 0.336 e. The molecule has 12 heteroatoms. The van der Waals surface area contributed by atoms with Gasteiger partial charge in [-0.2, -0.15) is 23.5 Å². The maximum Gasteiger partial charge on any atom is 0.434 e. The van der Waals surface area contributed by atoms with Crippen LogP contribution in [0.5, 0.6) is 0 Å². The molecule has 3 heterocycles. The number of carbonyl (C=O) groups is 1. The Morgan fingerprint density at radius 1 is 1.22 bits per heavy atom. The highest BCUT2D eigenvalue weighted by Crippen LogP contribution is 2.39. The van der Waals surface area contributed by atoms with Crippen molar-refractivity contribution in [1.82, 2.24) is 24.2 Å². The first kappa shape index (κ1) is 23.5. The molecule has 0 spiro atoms. The molecule has 5 rings (SSSR count). The quantitative estimate of drug-likeness (QED) is 0.435. The molecule has 0 unspecified atom stereocenters. The van der Waals surface area contributed by atoms with Crippen molar-refractivity contribution in [3.63, 3.8) is 0 Å². The third-order valence-corrected chi connectivity index (χ3v) is 6.07. The molecular formula is C24H19F4N7O. The van der Waals surface area contributed by atoms with Gasteiger partial charge in [-0.25, -0.2) is 9.37 Å². The number of alkyl halides is 3. The number of likely N-dealkylation sites (tertiary alicyclic amines) is 1. The van der Waals surface area contributed by atoms with Crippen LogP contribution >= 0.6 is 0 Å². The van der Waals surface area contributed by atoms with Crippen molar-refractivity contribution in [3.8, 4) is 23.1 Å². The average molecular weight is 497 g/mol. The lowest BCUT2D eigenvalue weighted by Crippen LogP contribution is -2.33. The zero-order valence-corrected chi connectivity index (χ0v) is 18.9. The first-order chi connectivity index (χ1) is 17.1. The second kappa shape index (κ2) is 8.46. The largest absolute Gasteiger partial charge is 0.434 e. The van der Waals surface area contributed by atoms with Crippen molar-refractivity contribution in [2.75, 3.05) is 13.1 Å². The Labute approximate surface area is 202 Å². The van der Waals surface area contributed by atoms with Gasteiger partial charge in [-0.3, -0.25) is 14.0 Å². The Bertz CT molecular complexity index is 1550. The van der Waals surface area contributed by atoms with Crippen LogP contribution in [0.3, 0.4) is 0 Å². The molecule has 1 saturated heterocycles. The first-order valence-corrected chi connectivity index (χ1v) is 11.0. The van der Waals surface area contributed by atoms with E-state index in [0.29, 0.717) is 17.3 Å². The third-order valence-electron chi connectivity index (χ3n) is 6.07. The van der Waals surface area contributed by atoms with E-state index in [4.69, 9.17) is 11.0 Å². The van der Waals surface area contributed by atoms with Gasteiger partial charge in [0.1, 0.15) is 17.7 Å². The molecule has 2 aromatic heterocycles. The lowest BCUT2D eigenvalue weighted by molar-refractivity contribution is -0.142. The molecule has 4 aromatic rings. The molecule has 2 N–H and O–H groups in total. The summed E-state index contributed by atoms with van der Waals surface area (Å²) in [4.78, 5) is 18.6. The molecule has 0 saturated carbocycles. The summed E-state index contributed by atoms with van der Waals surface area (Å²) in [6.07, 6.45) is -2.88. The van der Waals surface area contributed by atoms with Gasteiger partial charge in [-0.05, 0) is 42.8 Å². The number of fused-ring (bicyclic) bond motifs is 1. The van der Waals surface area contributed by atoms with E-state index in [1.54, 1.807) is 25.4 Å². The van der Waals surface area contributed by atoms with Crippen LogP contribution in [0.25, 0.3) is 28.0 Å². The number of nitrogens with two attached hydrogens (primary N) is 1. The highest BCUT2D eigenvalue weighted by Gasteiger charge is 2.44. The van der Waals surface area contributed by atoms with Crippen molar-refractivity contribution in [1.29, 1.82) is 5.26 Å². The van der Waals surface area contributed by atoms with Crippen LogP contribution in [0.15, 0.2) is 42.6 Å². The van der Waals surface area contributed by atoms with E-state index in [2.05, 4.69) is 10.1 Å². The number of benzene rings is 2. The van der Waals surface area contributed by atoms with Gasteiger partial charge in [0.15, 0.2) is 11.4 Å². The number of halogens is 4. The van der Waals surface area contributed by atoms with Gasteiger partial charge in [0.25, 0.3) is 5.91 Å². The van der Waals surface area contributed by atoms with Crippen LogP contribution < -0.4 is 5.73 Å². The Balaban J connectivity index is 1.80. The SMILES string of the molecule is Cn1cc2cc(-n3c(-c4ccc(C#N)c(F)c4)nc(C(=O)N4CC[C@H](N)C4)c3C(F)(F)F)ccc2n1. The van der Waals surface area contributed by atoms with E-state index in [1.165, 1.54) is 27.8 Å². The molecule has 184 valence electrons. The molecule has 0 bridgehead atoms. The average Bonchev–Trinajstić information content (AvgIpc) is 3.53. The summed E-state index contributed by atoms with van der Waals surface area (Å²) in [5.74, 6) is -2.12. The molecule has 1 aliphatic rings. The maximum absolute atomic E-state index is 14.6. The van der Waals surface area contributed by atoms with Crippen molar-refractivity contribution in [2.45, 2.75) is 18.6 Å². The summed E-state index contributed by atoms with van der Waals surface area (Å²) < 4.78 is 60.5. The number of nitrogens with zero attached hydrogens (tertiary/aromatic N) is 6. The van der Waals surface area contributed by atoms with E-state index in [1.807, 2.05) is 0 Å². The highest BCUT2D eigenvalue weighted by molar-refractivity contribution is 5.95. The fraction of sp³-hybridized carbons (Fsp3) is 0.250. The van der Waals surface area contributed by atoms with Crippen molar-refractivity contribution in [3.05, 3.63) is 65.4 Å². The standard InChI is InChI=1S/C24H19F4N7O/c1-33-11-15-8-17(4-5-19(15)32-33)35-21(24(26,27)28)20(23(36)34-7-6-16(30)12-34)31-22(35)13-2-3-14(10-29)18(25)9-13/h2-5,8-9,11,16H,6-7,12,30H2,1H3/t16-/m0/s1. The van der Waals surface area contributed by atoms with Crippen molar-refractivity contribution in [2.24, 2.45) is 12.8 Å². The third kappa shape index (κ3) is 3.97. The van der Waals surface area contributed by atoms with Crippen molar-refractivity contribution >= 4 is 16.8 Å². The summed E-state index contributed by atoms with van der Waals surface area (Å²) >= 11 is 0. The van der Waals surface area contributed by atoms with Gasteiger partial charge in [-0.1, -0.05) is 0 Å². The van der Waals surface area contributed by atoms with Gasteiger partial charge in [0.05, 0.1) is 11.1 Å². The molecule has 1 fully saturated rings. The van der Waals surface area contributed by atoms with Crippen LogP contribution in [0.1, 0.15) is 28.2 Å². The fourth-order valence-corrected chi connectivity index (χ4v) is 4.42. The second-order valence-electron chi connectivity index (χ2n) is 8.62. The van der Waals surface area contributed by atoms with Crippen LogP contribution in [0.4, 0.5) is 17.6 Å². The van der Waals surface area contributed by atoms with Gasteiger partial charge < -0.3 is 10.6 Å². The summed E-state index contributed by atoms with van der Waals surface area (Å²) in [6, 6.07) is 9.18.